The fraction of sp³-hybridized carbons (Fsp3) is 0.357. The molecular formula is C14H20N4O3. The first kappa shape index (κ1) is 16.6. The van der Waals surface area contributed by atoms with Gasteiger partial charge in [0.05, 0.1) is 5.54 Å². The first-order chi connectivity index (χ1) is 9.67. The van der Waals surface area contributed by atoms with Crippen molar-refractivity contribution in [3.8, 4) is 0 Å². The molecule has 0 radical (unpaired) electrons. The smallest absolute Gasteiger partial charge is 0.248 e. The summed E-state index contributed by atoms with van der Waals surface area (Å²) in [7, 11) is 0. The Morgan fingerprint density at radius 3 is 1.90 bits per heavy atom. The molecule has 0 aliphatic rings. The second-order valence-corrected chi connectivity index (χ2v) is 5.14. The molecule has 0 bridgehead atoms. The van der Waals surface area contributed by atoms with Crippen molar-refractivity contribution in [2.75, 3.05) is 11.9 Å². The van der Waals surface area contributed by atoms with Gasteiger partial charge in [-0.3, -0.25) is 14.4 Å². The summed E-state index contributed by atoms with van der Waals surface area (Å²) >= 11 is 0. The average molecular weight is 292 g/mol. The molecular weight excluding hydrogens is 272 g/mol. The molecule has 7 heteroatoms. The van der Waals surface area contributed by atoms with Crippen molar-refractivity contribution in [2.45, 2.75) is 26.3 Å². The molecule has 1 rings (SSSR count). The number of anilines is 1. The summed E-state index contributed by atoms with van der Waals surface area (Å²) in [6, 6.07) is 4.08. The number of amides is 3. The van der Waals surface area contributed by atoms with Crippen LogP contribution in [0, 0.1) is 0 Å². The van der Waals surface area contributed by atoms with Crippen LogP contribution in [0.1, 0.15) is 41.5 Å². The molecule has 0 aliphatic heterocycles. The monoisotopic (exact) mass is 292 g/mol. The molecule has 6 N–H and O–H groups in total. The van der Waals surface area contributed by atoms with Crippen LogP contribution in [0.25, 0.3) is 0 Å². The summed E-state index contributed by atoms with van der Waals surface area (Å²) in [5.74, 6) is -1.72. The van der Waals surface area contributed by atoms with E-state index in [1.807, 2.05) is 6.92 Å². The molecule has 0 atom stereocenters. The van der Waals surface area contributed by atoms with Crippen molar-refractivity contribution in [1.82, 2.24) is 5.32 Å². The highest BCUT2D eigenvalue weighted by molar-refractivity contribution is 6.03. The number of carbonyl (C=O) groups excluding carboxylic acids is 3. The standard InChI is InChI=1S/C14H20N4O3/c1-4-17-14(2,3)13(21)18-10-6-8(11(15)19)5-9(7-10)12(16)20/h5-7,17H,4H2,1-3H3,(H2,15,19)(H2,16,20)(H,18,21). The lowest BCUT2D eigenvalue weighted by atomic mass is 10.0. The van der Waals surface area contributed by atoms with Crippen LogP contribution in [0.3, 0.4) is 0 Å². The number of hydrogen-bond donors (Lipinski definition) is 4. The Balaban J connectivity index is 3.10. The van der Waals surface area contributed by atoms with E-state index in [2.05, 4.69) is 10.6 Å². The quantitative estimate of drug-likeness (QED) is 0.597. The molecule has 1 aromatic carbocycles. The minimum Gasteiger partial charge on any atom is -0.366 e. The highest BCUT2D eigenvalue weighted by atomic mass is 16.2. The molecule has 21 heavy (non-hydrogen) atoms. The minimum absolute atomic E-state index is 0.0999. The van der Waals surface area contributed by atoms with Crippen LogP contribution in [-0.4, -0.2) is 29.8 Å². The van der Waals surface area contributed by atoms with Crippen LogP contribution in [-0.2, 0) is 4.79 Å². The maximum atomic E-state index is 12.2. The number of likely N-dealkylation sites (N-methyl/N-ethyl adjacent to an activating group) is 1. The number of rotatable bonds is 6. The lowest BCUT2D eigenvalue weighted by Crippen LogP contribution is -2.49. The summed E-state index contributed by atoms with van der Waals surface area (Å²) in [6.07, 6.45) is 0. The summed E-state index contributed by atoms with van der Waals surface area (Å²) < 4.78 is 0. The van der Waals surface area contributed by atoms with E-state index < -0.39 is 17.4 Å². The first-order valence-electron chi connectivity index (χ1n) is 6.48. The van der Waals surface area contributed by atoms with Crippen LogP contribution >= 0.6 is 0 Å². The van der Waals surface area contributed by atoms with E-state index >= 15 is 0 Å². The molecule has 0 aliphatic carbocycles. The van der Waals surface area contributed by atoms with E-state index in [1.54, 1.807) is 13.8 Å². The highest BCUT2D eigenvalue weighted by Gasteiger charge is 2.26. The van der Waals surface area contributed by atoms with Gasteiger partial charge >= 0.3 is 0 Å². The predicted octanol–water partition coefficient (Wildman–Crippen LogP) is 0.211. The summed E-state index contributed by atoms with van der Waals surface area (Å²) in [5.41, 5.74) is 10.1. The van der Waals surface area contributed by atoms with Gasteiger partial charge in [-0.05, 0) is 38.6 Å². The lowest BCUT2D eigenvalue weighted by molar-refractivity contribution is -0.121. The second kappa shape index (κ2) is 6.36. The number of primary amides is 2. The van der Waals surface area contributed by atoms with Crippen LogP contribution in [0.2, 0.25) is 0 Å². The number of carbonyl (C=O) groups is 3. The third kappa shape index (κ3) is 4.28. The van der Waals surface area contributed by atoms with E-state index in [9.17, 15) is 14.4 Å². The van der Waals surface area contributed by atoms with Crippen LogP contribution < -0.4 is 22.1 Å². The Morgan fingerprint density at radius 2 is 1.52 bits per heavy atom. The van der Waals surface area contributed by atoms with Crippen molar-refractivity contribution >= 4 is 23.4 Å². The summed E-state index contributed by atoms with van der Waals surface area (Å²) in [5, 5.41) is 5.66. The third-order valence-corrected chi connectivity index (χ3v) is 2.95. The molecule has 114 valence electrons. The first-order valence-corrected chi connectivity index (χ1v) is 6.48. The SMILES string of the molecule is CCNC(C)(C)C(=O)Nc1cc(C(N)=O)cc(C(N)=O)c1. The largest absolute Gasteiger partial charge is 0.366 e. The lowest BCUT2D eigenvalue weighted by Gasteiger charge is -2.24. The Morgan fingerprint density at radius 1 is 1.05 bits per heavy atom. The summed E-state index contributed by atoms with van der Waals surface area (Å²) in [6.45, 7) is 5.94. The van der Waals surface area contributed by atoms with Gasteiger partial charge in [0.1, 0.15) is 0 Å². The minimum atomic E-state index is -0.801. The van der Waals surface area contributed by atoms with E-state index in [-0.39, 0.29) is 22.7 Å². The van der Waals surface area contributed by atoms with Crippen molar-refractivity contribution in [2.24, 2.45) is 11.5 Å². The maximum Gasteiger partial charge on any atom is 0.248 e. The van der Waals surface area contributed by atoms with Crippen molar-refractivity contribution in [3.05, 3.63) is 29.3 Å². The molecule has 3 amide bonds. The zero-order valence-corrected chi connectivity index (χ0v) is 12.3. The number of nitrogens with one attached hydrogen (secondary N) is 2. The number of hydrogen-bond acceptors (Lipinski definition) is 4. The molecule has 0 aromatic heterocycles. The average Bonchev–Trinajstić information content (AvgIpc) is 2.37. The zero-order valence-electron chi connectivity index (χ0n) is 12.3. The molecule has 0 saturated heterocycles. The van der Waals surface area contributed by atoms with E-state index in [1.165, 1.54) is 18.2 Å². The third-order valence-electron chi connectivity index (χ3n) is 2.95. The zero-order chi connectivity index (χ0) is 16.2. The topological polar surface area (TPSA) is 127 Å². The summed E-state index contributed by atoms with van der Waals surface area (Å²) in [4.78, 5) is 34.7. The van der Waals surface area contributed by atoms with E-state index in [0.29, 0.717) is 6.54 Å². The second-order valence-electron chi connectivity index (χ2n) is 5.14. The van der Waals surface area contributed by atoms with Crippen LogP contribution in [0.4, 0.5) is 5.69 Å². The Labute approximate surface area is 123 Å². The van der Waals surface area contributed by atoms with Gasteiger partial charge in [0.15, 0.2) is 0 Å². The van der Waals surface area contributed by atoms with Gasteiger partial charge < -0.3 is 22.1 Å². The molecule has 0 spiro atoms. The van der Waals surface area contributed by atoms with Gasteiger partial charge in [-0.1, -0.05) is 6.92 Å². The molecule has 0 heterocycles. The predicted molar refractivity (Wildman–Crippen MR) is 79.9 cm³/mol. The molecule has 1 aromatic rings. The Kier molecular flexibility index (Phi) is 5.04. The van der Waals surface area contributed by atoms with E-state index in [4.69, 9.17) is 11.5 Å². The maximum absolute atomic E-state index is 12.2. The Bertz CT molecular complexity index is 549. The van der Waals surface area contributed by atoms with Gasteiger partial charge in [0, 0.05) is 16.8 Å². The molecule has 0 fully saturated rings. The Hall–Kier alpha value is -2.41. The normalized spacial score (nSPS) is 11.0. The fourth-order valence-electron chi connectivity index (χ4n) is 1.79. The fourth-order valence-corrected chi connectivity index (χ4v) is 1.79. The number of nitrogens with two attached hydrogens (primary N) is 2. The van der Waals surface area contributed by atoms with E-state index in [0.717, 1.165) is 0 Å². The van der Waals surface area contributed by atoms with Crippen molar-refractivity contribution in [3.63, 3.8) is 0 Å². The van der Waals surface area contributed by atoms with Gasteiger partial charge in [0.2, 0.25) is 17.7 Å². The molecule has 7 nitrogen and oxygen atoms in total. The van der Waals surface area contributed by atoms with Crippen LogP contribution in [0.15, 0.2) is 18.2 Å². The number of benzene rings is 1. The molecule has 0 saturated carbocycles. The van der Waals surface area contributed by atoms with Gasteiger partial charge in [-0.25, -0.2) is 0 Å². The van der Waals surface area contributed by atoms with Crippen molar-refractivity contribution < 1.29 is 14.4 Å². The van der Waals surface area contributed by atoms with Crippen LogP contribution in [0.5, 0.6) is 0 Å². The molecule has 0 unspecified atom stereocenters. The van der Waals surface area contributed by atoms with Crippen molar-refractivity contribution in [1.29, 1.82) is 0 Å². The van der Waals surface area contributed by atoms with Gasteiger partial charge in [-0.15, -0.1) is 0 Å². The van der Waals surface area contributed by atoms with Gasteiger partial charge in [0.25, 0.3) is 0 Å². The van der Waals surface area contributed by atoms with Gasteiger partial charge in [-0.2, -0.15) is 0 Å². The highest BCUT2D eigenvalue weighted by Crippen LogP contribution is 2.16.